The number of carbonyl (C=O) groups is 1. The zero-order chi connectivity index (χ0) is 31.6. The fourth-order valence-corrected chi connectivity index (χ4v) is 7.98. The van der Waals surface area contributed by atoms with Gasteiger partial charge in [-0.1, -0.05) is 17.7 Å². The Balaban J connectivity index is 1.49. The summed E-state index contributed by atoms with van der Waals surface area (Å²) in [4.78, 5) is 28.3. The number of hydrogen-bond acceptors (Lipinski definition) is 10. The Kier molecular flexibility index (Phi) is 7.54. The number of benzene rings is 2. The summed E-state index contributed by atoms with van der Waals surface area (Å²) in [6, 6.07) is 4.64. The van der Waals surface area contributed by atoms with Crippen molar-refractivity contribution in [1.29, 1.82) is 5.26 Å². The van der Waals surface area contributed by atoms with Gasteiger partial charge in [-0.05, 0) is 44.5 Å². The lowest BCUT2D eigenvalue weighted by atomic mass is 9.96. The van der Waals surface area contributed by atoms with Crippen molar-refractivity contribution in [3.8, 4) is 29.0 Å². The van der Waals surface area contributed by atoms with E-state index in [0.29, 0.717) is 38.3 Å². The number of carbonyl (C=O) groups excluding carboxylic acids is 1. The summed E-state index contributed by atoms with van der Waals surface area (Å²) in [5.74, 6) is -0.789. The molecule has 1 amide bonds. The molecule has 0 aliphatic carbocycles. The molecule has 0 radical (unpaired) electrons. The van der Waals surface area contributed by atoms with Gasteiger partial charge < -0.3 is 25.0 Å². The Morgan fingerprint density at radius 2 is 1.96 bits per heavy atom. The molecule has 14 heteroatoms. The van der Waals surface area contributed by atoms with Crippen LogP contribution in [0.3, 0.4) is 0 Å². The molecule has 3 aliphatic rings. The first kappa shape index (κ1) is 29.7. The lowest BCUT2D eigenvalue weighted by Gasteiger charge is -2.31. The Labute approximate surface area is 266 Å². The number of nitrogens with two attached hydrogens (primary N) is 1. The molecule has 1 fully saturated rings. The summed E-state index contributed by atoms with van der Waals surface area (Å²) >= 11 is 7.89. The number of likely N-dealkylation sites (tertiary alicyclic amines) is 1. The molecule has 7 rings (SSSR count). The normalized spacial score (nSPS) is 20.9. The summed E-state index contributed by atoms with van der Waals surface area (Å²) in [5, 5.41) is 10.4. The number of fused-ring (bicyclic) bond motifs is 2. The second kappa shape index (κ2) is 11.4. The fourth-order valence-electron chi connectivity index (χ4n) is 6.70. The summed E-state index contributed by atoms with van der Waals surface area (Å²) in [6.45, 7) is 2.29. The van der Waals surface area contributed by atoms with Crippen molar-refractivity contribution >= 4 is 60.7 Å². The molecule has 2 atom stereocenters. The van der Waals surface area contributed by atoms with Gasteiger partial charge in [0.05, 0.1) is 27.2 Å². The Hall–Kier alpha value is -3.99. The van der Waals surface area contributed by atoms with Gasteiger partial charge in [-0.3, -0.25) is 9.69 Å². The standard InChI is InChI=1S/C31H30ClF2N7O3S/c1-39-9-3-4-18(39)19-7-8-20(42)40(2)10-11-41-12-13-43-27-23-26(37-31(44-19)38-30(23)41)25(34)22(24(27)32)15-5-6-17(33)28-21(15)16(14-35)29(36)45-28/h5-6,18-19H,3-4,7-13,36H2,1-2H3. The molecule has 10 nitrogen and oxygen atoms in total. The van der Waals surface area contributed by atoms with Gasteiger partial charge in [0.2, 0.25) is 5.91 Å². The van der Waals surface area contributed by atoms with Gasteiger partial charge in [-0.25, -0.2) is 8.78 Å². The molecule has 5 heterocycles. The monoisotopic (exact) mass is 653 g/mol. The van der Waals surface area contributed by atoms with Crippen LogP contribution in [0.15, 0.2) is 12.1 Å². The number of anilines is 2. The molecule has 2 bridgehead atoms. The Morgan fingerprint density at radius 3 is 2.71 bits per heavy atom. The molecule has 1 saturated heterocycles. The van der Waals surface area contributed by atoms with Crippen molar-refractivity contribution in [1.82, 2.24) is 19.8 Å². The molecular formula is C31H30ClF2N7O3S. The molecule has 2 aromatic heterocycles. The van der Waals surface area contributed by atoms with Crippen LogP contribution in [0.1, 0.15) is 31.2 Å². The van der Waals surface area contributed by atoms with E-state index in [0.717, 1.165) is 30.7 Å². The number of nitrogens with zero attached hydrogens (tertiary/aromatic N) is 6. The van der Waals surface area contributed by atoms with Gasteiger partial charge in [0.1, 0.15) is 40.9 Å². The van der Waals surface area contributed by atoms with E-state index in [9.17, 15) is 14.4 Å². The average molecular weight is 654 g/mol. The number of rotatable bonds is 2. The largest absolute Gasteiger partial charge is 0.489 e. The fraction of sp³-hybridized carbons (Fsp3) is 0.419. The van der Waals surface area contributed by atoms with Crippen LogP contribution in [0.4, 0.5) is 19.6 Å². The highest BCUT2D eigenvalue weighted by Crippen LogP contribution is 2.50. The summed E-state index contributed by atoms with van der Waals surface area (Å²) in [5.41, 5.74) is 6.16. The zero-order valence-corrected chi connectivity index (χ0v) is 26.3. The molecule has 2 unspecified atom stereocenters. The highest BCUT2D eigenvalue weighted by Gasteiger charge is 2.35. The summed E-state index contributed by atoms with van der Waals surface area (Å²) in [7, 11) is 3.80. The number of nitrogen functional groups attached to an aromatic ring is 1. The van der Waals surface area contributed by atoms with Crippen LogP contribution in [0, 0.1) is 23.0 Å². The SMILES string of the molecule is CN1CCN2CCOc3c(Cl)c(-c4ccc(F)c5sc(N)c(C#N)c45)c(F)c4nc(nc2c34)OC(C2CCCN2C)CCC1=O. The number of amides is 1. The lowest BCUT2D eigenvalue weighted by Crippen LogP contribution is -2.43. The highest BCUT2D eigenvalue weighted by atomic mass is 35.5. The van der Waals surface area contributed by atoms with E-state index >= 15 is 4.39 Å². The van der Waals surface area contributed by atoms with Crippen LogP contribution in [0.2, 0.25) is 5.02 Å². The van der Waals surface area contributed by atoms with Crippen molar-refractivity contribution in [3.05, 3.63) is 34.4 Å². The number of likely N-dealkylation sites (N-methyl/N-ethyl adjacent to an activating group) is 2. The van der Waals surface area contributed by atoms with Crippen molar-refractivity contribution in [2.75, 3.05) is 57.5 Å². The van der Waals surface area contributed by atoms with Crippen molar-refractivity contribution in [2.45, 2.75) is 37.8 Å². The van der Waals surface area contributed by atoms with Crippen molar-refractivity contribution < 1.29 is 23.0 Å². The summed E-state index contributed by atoms with van der Waals surface area (Å²) in [6.07, 6.45) is 2.21. The number of aromatic nitrogens is 2. The minimum Gasteiger partial charge on any atom is -0.489 e. The second-order valence-electron chi connectivity index (χ2n) is 11.7. The average Bonchev–Trinajstić information content (AvgIpc) is 3.55. The number of nitriles is 1. The maximum atomic E-state index is 17.0. The maximum absolute atomic E-state index is 17.0. The predicted octanol–water partition coefficient (Wildman–Crippen LogP) is 5.19. The molecular weight excluding hydrogens is 624 g/mol. The van der Waals surface area contributed by atoms with Crippen LogP contribution in [0.5, 0.6) is 11.8 Å². The third-order valence-electron chi connectivity index (χ3n) is 9.09. The molecule has 2 aromatic carbocycles. The molecule has 45 heavy (non-hydrogen) atoms. The third kappa shape index (κ3) is 4.86. The zero-order valence-electron chi connectivity index (χ0n) is 24.7. The number of hydrogen-bond donors (Lipinski definition) is 1. The van der Waals surface area contributed by atoms with Crippen molar-refractivity contribution in [3.63, 3.8) is 0 Å². The minimum atomic E-state index is -0.784. The first-order valence-electron chi connectivity index (χ1n) is 14.8. The third-order valence-corrected chi connectivity index (χ3v) is 10.5. The first-order chi connectivity index (χ1) is 21.7. The van der Waals surface area contributed by atoms with Crippen LogP contribution in [-0.2, 0) is 4.79 Å². The van der Waals surface area contributed by atoms with Crippen LogP contribution >= 0.6 is 22.9 Å². The van der Waals surface area contributed by atoms with E-state index in [4.69, 9.17) is 31.8 Å². The Morgan fingerprint density at radius 1 is 1.13 bits per heavy atom. The Bertz CT molecular complexity index is 1910. The van der Waals surface area contributed by atoms with Gasteiger partial charge in [0.15, 0.2) is 11.6 Å². The van der Waals surface area contributed by atoms with Gasteiger partial charge >= 0.3 is 6.01 Å². The number of halogens is 3. The molecule has 2 N–H and O–H groups in total. The molecule has 0 saturated carbocycles. The minimum absolute atomic E-state index is 0.0150. The molecule has 234 valence electrons. The van der Waals surface area contributed by atoms with E-state index in [1.807, 2.05) is 18.0 Å². The quantitative estimate of drug-likeness (QED) is 0.312. The summed E-state index contributed by atoms with van der Waals surface area (Å²) < 4.78 is 44.7. The van der Waals surface area contributed by atoms with Crippen LogP contribution < -0.4 is 20.1 Å². The van der Waals surface area contributed by atoms with Gasteiger partial charge in [0, 0.05) is 43.5 Å². The van der Waals surface area contributed by atoms with Crippen LogP contribution in [0.25, 0.3) is 32.1 Å². The van der Waals surface area contributed by atoms with E-state index in [1.54, 1.807) is 11.9 Å². The molecule has 3 aliphatic heterocycles. The topological polar surface area (TPSA) is 121 Å². The first-order valence-corrected chi connectivity index (χ1v) is 16.0. The maximum Gasteiger partial charge on any atom is 0.319 e. The van der Waals surface area contributed by atoms with E-state index in [-0.39, 0.29) is 78.0 Å². The van der Waals surface area contributed by atoms with Crippen LogP contribution in [-0.4, -0.2) is 84.7 Å². The predicted molar refractivity (Wildman–Crippen MR) is 169 cm³/mol. The lowest BCUT2D eigenvalue weighted by molar-refractivity contribution is -0.130. The number of ether oxygens (including phenoxy) is 2. The number of thiophene rings is 1. The van der Waals surface area contributed by atoms with Gasteiger partial charge in [-0.2, -0.15) is 15.2 Å². The molecule has 0 spiro atoms. The van der Waals surface area contributed by atoms with Crippen molar-refractivity contribution in [2.24, 2.45) is 0 Å². The van der Waals surface area contributed by atoms with E-state index in [2.05, 4.69) is 9.88 Å². The molecule has 4 aromatic rings. The van der Waals surface area contributed by atoms with Gasteiger partial charge in [0.25, 0.3) is 0 Å². The van der Waals surface area contributed by atoms with E-state index < -0.39 is 17.7 Å². The smallest absolute Gasteiger partial charge is 0.319 e. The second-order valence-corrected chi connectivity index (χ2v) is 13.1. The van der Waals surface area contributed by atoms with E-state index in [1.165, 1.54) is 12.1 Å². The highest BCUT2D eigenvalue weighted by molar-refractivity contribution is 7.23. The van der Waals surface area contributed by atoms with Gasteiger partial charge in [-0.15, -0.1) is 11.3 Å².